The molecule has 0 spiro atoms. The number of aromatic nitrogens is 4. The van der Waals surface area contributed by atoms with E-state index in [4.69, 9.17) is 10.5 Å². The number of nitrogens with zero attached hydrogens (tertiary/aromatic N) is 5. The molecule has 0 bridgehead atoms. The molecule has 2 atom stereocenters. The number of rotatable bonds is 3. The van der Waals surface area contributed by atoms with Crippen molar-refractivity contribution in [3.63, 3.8) is 0 Å². The number of primary amides is 1. The van der Waals surface area contributed by atoms with E-state index in [0.29, 0.717) is 5.92 Å². The van der Waals surface area contributed by atoms with Gasteiger partial charge in [-0.15, -0.1) is 15.3 Å². The zero-order valence-electron chi connectivity index (χ0n) is 12.8. The van der Waals surface area contributed by atoms with Crippen molar-refractivity contribution in [2.45, 2.75) is 37.9 Å². The smallest absolute Gasteiger partial charge is 0.246 e. The molecule has 1 amide bonds. The van der Waals surface area contributed by atoms with E-state index in [9.17, 15) is 4.79 Å². The Labute approximate surface area is 133 Å². The maximum absolute atomic E-state index is 11.2. The number of fused-ring (bicyclic) bond motifs is 1. The number of anilines is 1. The zero-order valence-corrected chi connectivity index (χ0v) is 12.8. The number of carbonyl (C=O) groups is 1. The molecule has 2 aliphatic rings. The summed E-state index contributed by atoms with van der Waals surface area (Å²) in [6.45, 7) is 1.87. The molecular weight excluding hydrogens is 296 g/mol. The van der Waals surface area contributed by atoms with Gasteiger partial charge in [-0.3, -0.25) is 4.79 Å². The molecule has 2 aliphatic heterocycles. The highest BCUT2D eigenvalue weighted by atomic mass is 16.5. The molecule has 0 unspecified atom stereocenters. The van der Waals surface area contributed by atoms with Crippen LogP contribution in [0.2, 0.25) is 0 Å². The molecule has 0 aliphatic carbocycles. The Balaban J connectivity index is 1.38. The zero-order chi connectivity index (χ0) is 15.8. The number of amides is 1. The highest BCUT2D eigenvalue weighted by Gasteiger charge is 2.35. The fourth-order valence-electron chi connectivity index (χ4n) is 3.61. The van der Waals surface area contributed by atoms with Gasteiger partial charge in [0.2, 0.25) is 5.91 Å². The van der Waals surface area contributed by atoms with Crippen LogP contribution in [0.15, 0.2) is 18.5 Å². The fourth-order valence-corrected chi connectivity index (χ4v) is 3.61. The normalized spacial score (nSPS) is 26.0. The molecule has 0 aromatic carbocycles. The van der Waals surface area contributed by atoms with Crippen LogP contribution in [0.3, 0.4) is 0 Å². The monoisotopic (exact) mass is 316 g/mol. The average molecular weight is 316 g/mol. The first-order chi connectivity index (χ1) is 11.2. The van der Waals surface area contributed by atoms with E-state index in [1.807, 2.05) is 12.1 Å². The molecule has 8 nitrogen and oxygen atoms in total. The lowest BCUT2D eigenvalue weighted by Crippen LogP contribution is -2.39. The van der Waals surface area contributed by atoms with Crippen LogP contribution >= 0.6 is 0 Å². The summed E-state index contributed by atoms with van der Waals surface area (Å²) in [6.07, 6.45) is 5.16. The highest BCUT2D eigenvalue weighted by Crippen LogP contribution is 2.32. The van der Waals surface area contributed by atoms with Gasteiger partial charge in [0.1, 0.15) is 18.2 Å². The van der Waals surface area contributed by atoms with Gasteiger partial charge in [0.25, 0.3) is 0 Å². The van der Waals surface area contributed by atoms with Crippen molar-refractivity contribution >= 4 is 17.4 Å². The quantitative estimate of drug-likeness (QED) is 0.878. The summed E-state index contributed by atoms with van der Waals surface area (Å²) in [5.74, 6) is 1.10. The molecule has 2 aromatic heterocycles. The van der Waals surface area contributed by atoms with Gasteiger partial charge in [0.15, 0.2) is 5.65 Å². The number of piperidine rings is 1. The van der Waals surface area contributed by atoms with Crippen LogP contribution in [-0.2, 0) is 9.53 Å². The molecular formula is C15H20N6O2. The first-order valence-electron chi connectivity index (χ1n) is 8.07. The van der Waals surface area contributed by atoms with Crippen molar-refractivity contribution in [2.24, 2.45) is 11.7 Å². The number of nitrogens with two attached hydrogens (primary N) is 1. The SMILES string of the molecule is NC(=O)[C@H]1CC[C@@H](C2CCN(c3ccc4nncn4n3)CC2)O1. The van der Waals surface area contributed by atoms with E-state index in [1.165, 1.54) is 0 Å². The van der Waals surface area contributed by atoms with Gasteiger partial charge >= 0.3 is 0 Å². The Morgan fingerprint density at radius 2 is 2.04 bits per heavy atom. The molecule has 2 N–H and O–H groups in total. The van der Waals surface area contributed by atoms with Crippen molar-refractivity contribution < 1.29 is 9.53 Å². The van der Waals surface area contributed by atoms with E-state index < -0.39 is 6.10 Å². The molecule has 4 heterocycles. The largest absolute Gasteiger partial charge is 0.367 e. The van der Waals surface area contributed by atoms with E-state index in [2.05, 4.69) is 20.2 Å². The Morgan fingerprint density at radius 3 is 2.78 bits per heavy atom. The Hall–Kier alpha value is -2.22. The molecule has 23 heavy (non-hydrogen) atoms. The van der Waals surface area contributed by atoms with E-state index in [-0.39, 0.29) is 12.0 Å². The van der Waals surface area contributed by atoms with Gasteiger partial charge in [-0.05, 0) is 43.7 Å². The summed E-state index contributed by atoms with van der Waals surface area (Å²) in [5, 5.41) is 12.4. The van der Waals surface area contributed by atoms with Gasteiger partial charge in [0, 0.05) is 13.1 Å². The third kappa shape index (κ3) is 2.74. The topological polar surface area (TPSA) is 98.6 Å². The average Bonchev–Trinajstić information content (AvgIpc) is 3.23. The fraction of sp³-hybridized carbons (Fsp3) is 0.600. The number of hydrogen-bond acceptors (Lipinski definition) is 6. The first kappa shape index (κ1) is 14.4. The van der Waals surface area contributed by atoms with Crippen molar-refractivity contribution in [1.82, 2.24) is 19.8 Å². The standard InChI is InChI=1S/C15H20N6O2/c16-15(22)12-2-1-11(23-12)10-5-7-20(8-6-10)14-4-3-13-18-17-9-21(13)19-14/h3-4,9-12H,1-2,5-8H2,(H2,16,22)/t11-,12+/m0/s1. The van der Waals surface area contributed by atoms with Crippen molar-refractivity contribution in [3.8, 4) is 0 Å². The Morgan fingerprint density at radius 1 is 1.22 bits per heavy atom. The van der Waals surface area contributed by atoms with Crippen molar-refractivity contribution in [1.29, 1.82) is 0 Å². The summed E-state index contributed by atoms with van der Waals surface area (Å²) in [5.41, 5.74) is 6.08. The minimum absolute atomic E-state index is 0.169. The summed E-state index contributed by atoms with van der Waals surface area (Å²) in [6, 6.07) is 3.92. The molecule has 8 heteroatoms. The van der Waals surface area contributed by atoms with Gasteiger partial charge in [-0.25, -0.2) is 0 Å². The second-order valence-corrected chi connectivity index (χ2v) is 6.29. The van der Waals surface area contributed by atoms with Crippen LogP contribution in [0.5, 0.6) is 0 Å². The lowest BCUT2D eigenvalue weighted by atomic mass is 9.90. The molecule has 0 saturated carbocycles. The van der Waals surface area contributed by atoms with Crippen molar-refractivity contribution in [3.05, 3.63) is 18.5 Å². The molecule has 4 rings (SSSR count). The number of carbonyl (C=O) groups excluding carboxylic acids is 1. The molecule has 122 valence electrons. The van der Waals surface area contributed by atoms with Crippen LogP contribution in [-0.4, -0.2) is 51.0 Å². The van der Waals surface area contributed by atoms with Crippen LogP contribution < -0.4 is 10.6 Å². The summed E-state index contributed by atoms with van der Waals surface area (Å²) in [7, 11) is 0. The van der Waals surface area contributed by atoms with Crippen LogP contribution in [0.1, 0.15) is 25.7 Å². The van der Waals surface area contributed by atoms with E-state index >= 15 is 0 Å². The molecule has 2 fully saturated rings. The summed E-state index contributed by atoms with van der Waals surface area (Å²) in [4.78, 5) is 13.5. The molecule has 2 saturated heterocycles. The van der Waals surface area contributed by atoms with Crippen LogP contribution in [0, 0.1) is 5.92 Å². The third-order valence-electron chi connectivity index (χ3n) is 4.91. The second kappa shape index (κ2) is 5.77. The Bertz CT molecular complexity index is 709. The molecule has 2 aromatic rings. The lowest BCUT2D eigenvalue weighted by molar-refractivity contribution is -0.130. The van der Waals surface area contributed by atoms with Gasteiger partial charge in [-0.1, -0.05) is 0 Å². The van der Waals surface area contributed by atoms with Crippen LogP contribution in [0.4, 0.5) is 5.82 Å². The lowest BCUT2D eigenvalue weighted by Gasteiger charge is -2.35. The van der Waals surface area contributed by atoms with Gasteiger partial charge in [0.05, 0.1) is 6.10 Å². The minimum atomic E-state index is -0.393. The first-order valence-corrected chi connectivity index (χ1v) is 8.07. The number of hydrogen-bond donors (Lipinski definition) is 1. The van der Waals surface area contributed by atoms with E-state index in [0.717, 1.165) is 50.2 Å². The van der Waals surface area contributed by atoms with Gasteiger partial charge in [-0.2, -0.15) is 4.52 Å². The third-order valence-corrected chi connectivity index (χ3v) is 4.91. The maximum Gasteiger partial charge on any atom is 0.246 e. The van der Waals surface area contributed by atoms with Crippen molar-refractivity contribution in [2.75, 3.05) is 18.0 Å². The predicted molar refractivity (Wildman–Crippen MR) is 82.8 cm³/mol. The predicted octanol–water partition coefficient (Wildman–Crippen LogP) is 0.374. The Kier molecular flexibility index (Phi) is 3.60. The van der Waals surface area contributed by atoms with E-state index in [1.54, 1.807) is 10.8 Å². The number of ether oxygens (including phenoxy) is 1. The maximum atomic E-state index is 11.2. The summed E-state index contributed by atoms with van der Waals surface area (Å²) >= 11 is 0. The summed E-state index contributed by atoms with van der Waals surface area (Å²) < 4.78 is 7.51. The van der Waals surface area contributed by atoms with Crippen LogP contribution in [0.25, 0.3) is 5.65 Å². The second-order valence-electron chi connectivity index (χ2n) is 6.29. The highest BCUT2D eigenvalue weighted by molar-refractivity contribution is 5.79. The molecule has 0 radical (unpaired) electrons. The minimum Gasteiger partial charge on any atom is -0.367 e. The van der Waals surface area contributed by atoms with Gasteiger partial charge < -0.3 is 15.4 Å².